The minimum atomic E-state index is -0.352. The molecule has 18 heavy (non-hydrogen) atoms. The second-order valence-electron chi connectivity index (χ2n) is 5.91. The number of aliphatic hydroxyl groups is 1. The van der Waals surface area contributed by atoms with Crippen LogP contribution in [0.4, 0.5) is 0 Å². The van der Waals surface area contributed by atoms with Gasteiger partial charge in [-0.1, -0.05) is 19.9 Å². The zero-order valence-corrected chi connectivity index (χ0v) is 10.9. The number of oxazole rings is 1. The van der Waals surface area contributed by atoms with E-state index in [1.807, 2.05) is 18.2 Å². The van der Waals surface area contributed by atoms with Gasteiger partial charge in [0.05, 0.1) is 12.1 Å². The van der Waals surface area contributed by atoms with E-state index in [0.29, 0.717) is 5.58 Å². The van der Waals surface area contributed by atoms with Gasteiger partial charge < -0.3 is 9.52 Å². The van der Waals surface area contributed by atoms with E-state index in [2.05, 4.69) is 13.8 Å². The molecule has 1 unspecified atom stereocenters. The van der Waals surface area contributed by atoms with E-state index in [4.69, 9.17) is 4.42 Å². The maximum Gasteiger partial charge on any atom is 0.419 e. The fraction of sp³-hybridized carbons (Fsp3) is 0.500. The summed E-state index contributed by atoms with van der Waals surface area (Å²) >= 11 is 0. The first-order valence-corrected chi connectivity index (χ1v) is 6.12. The van der Waals surface area contributed by atoms with Crippen LogP contribution in [0.3, 0.4) is 0 Å². The molecule has 4 heteroatoms. The molecule has 1 aromatic carbocycles. The molecule has 1 atom stereocenters. The molecule has 0 radical (unpaired) electrons. The molecule has 96 valence electrons. The van der Waals surface area contributed by atoms with Gasteiger partial charge >= 0.3 is 5.76 Å². The SMILES string of the molecule is Cn1c(=O)oc2ccc(C3(CO)CC3(C)C)cc21. The highest BCUT2D eigenvalue weighted by atomic mass is 16.4. The first-order chi connectivity index (χ1) is 8.41. The van der Waals surface area contributed by atoms with Crippen LogP contribution < -0.4 is 5.76 Å². The first-order valence-electron chi connectivity index (χ1n) is 6.12. The molecule has 1 aromatic heterocycles. The van der Waals surface area contributed by atoms with Crippen molar-refractivity contribution in [3.63, 3.8) is 0 Å². The molecule has 0 aliphatic heterocycles. The fourth-order valence-corrected chi connectivity index (χ4v) is 2.99. The Labute approximate surface area is 105 Å². The Morgan fingerprint density at radius 3 is 2.67 bits per heavy atom. The highest BCUT2D eigenvalue weighted by Gasteiger charge is 2.61. The average Bonchev–Trinajstić information content (AvgIpc) is 2.80. The van der Waals surface area contributed by atoms with E-state index in [-0.39, 0.29) is 23.2 Å². The standard InChI is InChI=1S/C14H17NO3/c1-13(2)7-14(13,8-16)9-4-5-11-10(6-9)15(3)12(17)18-11/h4-6,16H,7-8H2,1-3H3. The fourth-order valence-electron chi connectivity index (χ4n) is 2.99. The smallest absolute Gasteiger partial charge is 0.408 e. The van der Waals surface area contributed by atoms with Crippen molar-refractivity contribution in [1.82, 2.24) is 4.57 Å². The summed E-state index contributed by atoms with van der Waals surface area (Å²) in [6, 6.07) is 5.74. The topological polar surface area (TPSA) is 55.4 Å². The Morgan fingerprint density at radius 1 is 1.44 bits per heavy atom. The van der Waals surface area contributed by atoms with E-state index in [0.717, 1.165) is 17.5 Å². The highest BCUT2D eigenvalue weighted by molar-refractivity contribution is 5.74. The van der Waals surface area contributed by atoms with E-state index in [9.17, 15) is 9.90 Å². The molecule has 1 aliphatic carbocycles. The lowest BCUT2D eigenvalue weighted by atomic mass is 9.88. The van der Waals surface area contributed by atoms with Gasteiger partial charge in [0.25, 0.3) is 0 Å². The summed E-state index contributed by atoms with van der Waals surface area (Å²) in [5.74, 6) is -0.352. The summed E-state index contributed by atoms with van der Waals surface area (Å²) in [5.41, 5.74) is 2.40. The minimum Gasteiger partial charge on any atom is -0.408 e. The number of aromatic nitrogens is 1. The Bertz CT molecular complexity index is 680. The number of benzene rings is 1. The maximum absolute atomic E-state index is 11.5. The largest absolute Gasteiger partial charge is 0.419 e. The van der Waals surface area contributed by atoms with Crippen molar-refractivity contribution in [2.45, 2.75) is 25.7 Å². The van der Waals surface area contributed by atoms with Crippen molar-refractivity contribution in [1.29, 1.82) is 0 Å². The molecular weight excluding hydrogens is 230 g/mol. The number of aryl methyl sites for hydroxylation is 1. The Morgan fingerprint density at radius 2 is 2.11 bits per heavy atom. The Balaban J connectivity index is 2.20. The van der Waals surface area contributed by atoms with Crippen LogP contribution in [0, 0.1) is 5.41 Å². The lowest BCUT2D eigenvalue weighted by Gasteiger charge is -2.18. The van der Waals surface area contributed by atoms with Crippen LogP contribution in [0.1, 0.15) is 25.8 Å². The van der Waals surface area contributed by atoms with Crippen LogP contribution in [0.5, 0.6) is 0 Å². The third-order valence-corrected chi connectivity index (χ3v) is 4.53. The summed E-state index contributed by atoms with van der Waals surface area (Å²) < 4.78 is 6.62. The summed E-state index contributed by atoms with van der Waals surface area (Å²) in [6.07, 6.45) is 0.966. The summed E-state index contributed by atoms with van der Waals surface area (Å²) in [6.45, 7) is 4.45. The number of nitrogens with zero attached hydrogens (tertiary/aromatic N) is 1. The lowest BCUT2D eigenvalue weighted by molar-refractivity contribution is 0.231. The molecule has 1 aliphatic rings. The van der Waals surface area contributed by atoms with Gasteiger partial charge in [0.15, 0.2) is 5.58 Å². The molecule has 2 aromatic rings. The van der Waals surface area contributed by atoms with Gasteiger partial charge in [-0.05, 0) is 29.5 Å². The van der Waals surface area contributed by atoms with Crippen LogP contribution in [0.25, 0.3) is 11.1 Å². The quantitative estimate of drug-likeness (QED) is 0.880. The van der Waals surface area contributed by atoms with Crippen molar-refractivity contribution in [2.24, 2.45) is 12.5 Å². The predicted octanol–water partition coefficient (Wildman–Crippen LogP) is 1.79. The Hall–Kier alpha value is -1.55. The predicted molar refractivity (Wildman–Crippen MR) is 68.6 cm³/mol. The number of hydrogen-bond donors (Lipinski definition) is 1. The van der Waals surface area contributed by atoms with E-state index >= 15 is 0 Å². The van der Waals surface area contributed by atoms with Crippen molar-refractivity contribution in [3.05, 3.63) is 34.3 Å². The van der Waals surface area contributed by atoms with Crippen LogP contribution in [0.2, 0.25) is 0 Å². The van der Waals surface area contributed by atoms with Crippen LogP contribution in [0.15, 0.2) is 27.4 Å². The van der Waals surface area contributed by atoms with Crippen molar-refractivity contribution < 1.29 is 9.52 Å². The third-order valence-electron chi connectivity index (χ3n) is 4.53. The molecule has 1 saturated carbocycles. The molecule has 0 amide bonds. The lowest BCUT2D eigenvalue weighted by Crippen LogP contribution is -2.19. The minimum absolute atomic E-state index is 0.109. The highest BCUT2D eigenvalue weighted by Crippen LogP contribution is 2.64. The van der Waals surface area contributed by atoms with Gasteiger partial charge in [-0.3, -0.25) is 4.57 Å². The number of hydrogen-bond acceptors (Lipinski definition) is 3. The van der Waals surface area contributed by atoms with E-state index in [1.165, 1.54) is 4.57 Å². The Kier molecular flexibility index (Phi) is 2.09. The summed E-state index contributed by atoms with van der Waals surface area (Å²) in [4.78, 5) is 11.5. The van der Waals surface area contributed by atoms with Crippen molar-refractivity contribution in [2.75, 3.05) is 6.61 Å². The number of fused-ring (bicyclic) bond motifs is 1. The first kappa shape index (κ1) is 11.5. The van der Waals surface area contributed by atoms with Crippen LogP contribution in [-0.4, -0.2) is 16.3 Å². The van der Waals surface area contributed by atoms with Crippen molar-refractivity contribution >= 4 is 11.1 Å². The summed E-state index contributed by atoms with van der Waals surface area (Å²) in [5, 5.41) is 9.70. The molecule has 0 saturated heterocycles. The van der Waals surface area contributed by atoms with Gasteiger partial charge in [-0.15, -0.1) is 0 Å². The molecule has 4 nitrogen and oxygen atoms in total. The number of aliphatic hydroxyl groups excluding tert-OH is 1. The van der Waals surface area contributed by atoms with Crippen molar-refractivity contribution in [3.8, 4) is 0 Å². The summed E-state index contributed by atoms with van der Waals surface area (Å²) in [7, 11) is 1.70. The van der Waals surface area contributed by atoms with Crippen LogP contribution >= 0.6 is 0 Å². The van der Waals surface area contributed by atoms with Gasteiger partial charge in [-0.2, -0.15) is 0 Å². The zero-order valence-electron chi connectivity index (χ0n) is 10.9. The molecule has 1 heterocycles. The average molecular weight is 247 g/mol. The normalized spacial score (nSPS) is 25.6. The van der Waals surface area contributed by atoms with Crippen LogP contribution in [-0.2, 0) is 12.5 Å². The zero-order chi connectivity index (χ0) is 13.1. The molecule has 1 fully saturated rings. The second-order valence-corrected chi connectivity index (χ2v) is 5.91. The maximum atomic E-state index is 11.5. The monoisotopic (exact) mass is 247 g/mol. The van der Waals surface area contributed by atoms with Gasteiger partial charge in [0.2, 0.25) is 0 Å². The molecule has 3 rings (SSSR count). The molecule has 0 bridgehead atoms. The molecule has 1 N–H and O–H groups in total. The third kappa shape index (κ3) is 1.27. The van der Waals surface area contributed by atoms with Gasteiger partial charge in [0, 0.05) is 12.5 Å². The van der Waals surface area contributed by atoms with E-state index < -0.39 is 0 Å². The molecular formula is C14H17NO3. The molecule has 0 spiro atoms. The van der Waals surface area contributed by atoms with E-state index in [1.54, 1.807) is 7.05 Å². The van der Waals surface area contributed by atoms with Gasteiger partial charge in [-0.25, -0.2) is 4.79 Å². The van der Waals surface area contributed by atoms with Gasteiger partial charge in [0.1, 0.15) is 0 Å². The number of rotatable bonds is 2. The second kappa shape index (κ2) is 3.26.